The maximum absolute atomic E-state index is 12.6. The fraction of sp³-hybridized carbons (Fsp3) is 0.357. The first-order chi connectivity index (χ1) is 9.84. The van der Waals surface area contributed by atoms with Crippen molar-refractivity contribution in [3.8, 4) is 12.3 Å². The topological polar surface area (TPSA) is 80.5 Å². The molecule has 1 atom stereocenters. The summed E-state index contributed by atoms with van der Waals surface area (Å²) in [4.78, 5) is 14.1. The number of sulfone groups is 1. The molecule has 112 valence electrons. The molecule has 1 aliphatic heterocycles. The number of halogens is 1. The second kappa shape index (κ2) is 6.08. The van der Waals surface area contributed by atoms with Crippen LogP contribution in [0.5, 0.6) is 0 Å². The van der Waals surface area contributed by atoms with Crippen molar-refractivity contribution in [1.82, 2.24) is 4.90 Å². The Labute approximate surface area is 132 Å². The van der Waals surface area contributed by atoms with Crippen LogP contribution < -0.4 is 5.73 Å². The van der Waals surface area contributed by atoms with E-state index in [4.69, 9.17) is 12.2 Å². The standard InChI is InChI=1S/C14H15BrN2O3S/c1-2-6-17(11-5-7-21(19,20)9-11)14(18)12-8-10(15)3-4-13(12)16/h1,3-4,8,11H,5-7,9,16H2. The van der Waals surface area contributed by atoms with E-state index in [1.54, 1.807) is 18.2 Å². The Morgan fingerprint density at radius 1 is 1.52 bits per heavy atom. The van der Waals surface area contributed by atoms with Gasteiger partial charge >= 0.3 is 0 Å². The lowest BCUT2D eigenvalue weighted by Crippen LogP contribution is -2.41. The Hall–Kier alpha value is -1.52. The summed E-state index contributed by atoms with van der Waals surface area (Å²) in [5, 5.41) is 0. The highest BCUT2D eigenvalue weighted by Gasteiger charge is 2.35. The molecular weight excluding hydrogens is 356 g/mol. The van der Waals surface area contributed by atoms with E-state index in [1.807, 2.05) is 0 Å². The zero-order chi connectivity index (χ0) is 15.6. The van der Waals surface area contributed by atoms with Gasteiger partial charge in [-0.05, 0) is 24.6 Å². The van der Waals surface area contributed by atoms with Crippen LogP contribution in [0.3, 0.4) is 0 Å². The van der Waals surface area contributed by atoms with Gasteiger partial charge in [0.2, 0.25) is 0 Å². The number of anilines is 1. The van der Waals surface area contributed by atoms with E-state index in [1.165, 1.54) is 4.90 Å². The van der Waals surface area contributed by atoms with E-state index < -0.39 is 15.9 Å². The van der Waals surface area contributed by atoms with Crippen LogP contribution in [-0.4, -0.2) is 43.3 Å². The van der Waals surface area contributed by atoms with E-state index >= 15 is 0 Å². The molecule has 0 aromatic heterocycles. The number of rotatable bonds is 3. The molecule has 0 radical (unpaired) electrons. The Kier molecular flexibility index (Phi) is 4.59. The van der Waals surface area contributed by atoms with Crippen molar-refractivity contribution in [3.05, 3.63) is 28.2 Å². The van der Waals surface area contributed by atoms with Crippen molar-refractivity contribution in [1.29, 1.82) is 0 Å². The van der Waals surface area contributed by atoms with E-state index in [0.717, 1.165) is 4.47 Å². The molecule has 1 unspecified atom stereocenters. The Morgan fingerprint density at radius 3 is 2.81 bits per heavy atom. The molecule has 7 heteroatoms. The van der Waals surface area contributed by atoms with Crippen molar-refractivity contribution < 1.29 is 13.2 Å². The van der Waals surface area contributed by atoms with Crippen molar-refractivity contribution >= 4 is 37.4 Å². The number of benzene rings is 1. The van der Waals surface area contributed by atoms with Gasteiger partial charge in [0.1, 0.15) is 0 Å². The molecule has 1 aromatic carbocycles. The number of carbonyl (C=O) groups is 1. The minimum atomic E-state index is -3.10. The van der Waals surface area contributed by atoms with E-state index in [-0.39, 0.29) is 24.0 Å². The number of nitrogens with two attached hydrogens (primary N) is 1. The monoisotopic (exact) mass is 370 g/mol. The molecule has 5 nitrogen and oxygen atoms in total. The van der Waals surface area contributed by atoms with E-state index in [0.29, 0.717) is 17.7 Å². The molecule has 1 aliphatic rings. The largest absolute Gasteiger partial charge is 0.398 e. The van der Waals surface area contributed by atoms with Gasteiger partial charge in [-0.2, -0.15) is 0 Å². The van der Waals surface area contributed by atoms with Gasteiger partial charge in [0.25, 0.3) is 5.91 Å². The first kappa shape index (κ1) is 15.9. The molecule has 1 heterocycles. The maximum atomic E-state index is 12.6. The summed E-state index contributed by atoms with van der Waals surface area (Å²) in [6, 6.07) is 4.58. The number of nitrogen functional groups attached to an aromatic ring is 1. The highest BCUT2D eigenvalue weighted by molar-refractivity contribution is 9.10. The smallest absolute Gasteiger partial charge is 0.257 e. The van der Waals surface area contributed by atoms with Crippen molar-refractivity contribution in [2.24, 2.45) is 0 Å². The predicted octanol–water partition coefficient (Wildman–Crippen LogP) is 1.29. The van der Waals surface area contributed by atoms with Gasteiger partial charge in [-0.3, -0.25) is 4.79 Å². The van der Waals surface area contributed by atoms with Gasteiger partial charge in [0.05, 0.1) is 23.6 Å². The van der Waals surface area contributed by atoms with Crippen LogP contribution in [0.2, 0.25) is 0 Å². The van der Waals surface area contributed by atoms with Crippen LogP contribution in [0.4, 0.5) is 5.69 Å². The number of amides is 1. The quantitative estimate of drug-likeness (QED) is 0.642. The molecule has 0 spiro atoms. The minimum Gasteiger partial charge on any atom is -0.398 e. The third kappa shape index (κ3) is 3.57. The average Bonchev–Trinajstić information content (AvgIpc) is 2.78. The first-order valence-electron chi connectivity index (χ1n) is 6.34. The molecule has 0 aliphatic carbocycles. The molecule has 1 amide bonds. The normalized spacial score (nSPS) is 19.9. The number of hydrogen-bond acceptors (Lipinski definition) is 4. The third-order valence-electron chi connectivity index (χ3n) is 3.42. The van der Waals surface area contributed by atoms with Gasteiger partial charge in [-0.25, -0.2) is 8.42 Å². The summed E-state index contributed by atoms with van der Waals surface area (Å²) in [5.41, 5.74) is 6.50. The highest BCUT2D eigenvalue weighted by Crippen LogP contribution is 2.24. The Balaban J connectivity index is 2.32. The zero-order valence-corrected chi connectivity index (χ0v) is 13.7. The summed E-state index contributed by atoms with van der Waals surface area (Å²) >= 11 is 3.29. The summed E-state index contributed by atoms with van der Waals surface area (Å²) in [6.45, 7) is 0.0605. The lowest BCUT2D eigenvalue weighted by atomic mass is 10.1. The molecule has 21 heavy (non-hydrogen) atoms. The summed E-state index contributed by atoms with van der Waals surface area (Å²) < 4.78 is 23.9. The molecule has 2 rings (SSSR count). The van der Waals surface area contributed by atoms with Crippen LogP contribution in [0, 0.1) is 12.3 Å². The van der Waals surface area contributed by atoms with Gasteiger partial charge in [-0.1, -0.05) is 21.9 Å². The Morgan fingerprint density at radius 2 is 2.24 bits per heavy atom. The van der Waals surface area contributed by atoms with Crippen LogP contribution >= 0.6 is 15.9 Å². The maximum Gasteiger partial charge on any atom is 0.257 e. The fourth-order valence-corrected chi connectivity index (χ4v) is 4.45. The SMILES string of the molecule is C#CCN(C(=O)c1cc(Br)ccc1N)C1CCS(=O)(=O)C1. The lowest BCUT2D eigenvalue weighted by Gasteiger charge is -2.26. The molecule has 1 saturated heterocycles. The number of hydrogen-bond donors (Lipinski definition) is 1. The summed E-state index contributed by atoms with van der Waals surface area (Å²) in [5.74, 6) is 2.11. The van der Waals surface area contributed by atoms with Gasteiger partial charge in [0.15, 0.2) is 9.84 Å². The van der Waals surface area contributed by atoms with Crippen LogP contribution in [0.15, 0.2) is 22.7 Å². The first-order valence-corrected chi connectivity index (χ1v) is 8.95. The van der Waals surface area contributed by atoms with Crippen molar-refractivity contribution in [2.45, 2.75) is 12.5 Å². The minimum absolute atomic E-state index is 0.0473. The average molecular weight is 371 g/mol. The second-order valence-corrected chi connectivity index (χ2v) is 8.07. The van der Waals surface area contributed by atoms with Crippen molar-refractivity contribution in [2.75, 3.05) is 23.8 Å². The zero-order valence-electron chi connectivity index (χ0n) is 11.3. The van der Waals surface area contributed by atoms with Crippen molar-refractivity contribution in [3.63, 3.8) is 0 Å². The Bertz CT molecular complexity index is 709. The molecule has 1 fully saturated rings. The lowest BCUT2D eigenvalue weighted by molar-refractivity contribution is 0.0725. The third-order valence-corrected chi connectivity index (χ3v) is 5.66. The van der Waals surface area contributed by atoms with Gasteiger partial charge < -0.3 is 10.6 Å². The van der Waals surface area contributed by atoms with Gasteiger partial charge in [-0.15, -0.1) is 6.42 Å². The summed E-state index contributed by atoms with van der Waals surface area (Å²) in [7, 11) is -3.10. The molecule has 0 saturated carbocycles. The number of terminal acetylenes is 1. The highest BCUT2D eigenvalue weighted by atomic mass is 79.9. The van der Waals surface area contributed by atoms with E-state index in [2.05, 4.69) is 21.9 Å². The van der Waals surface area contributed by atoms with Gasteiger partial charge in [0, 0.05) is 16.2 Å². The molecule has 2 N–H and O–H groups in total. The number of nitrogens with zero attached hydrogens (tertiary/aromatic N) is 1. The number of carbonyl (C=O) groups excluding carboxylic acids is 1. The van der Waals surface area contributed by atoms with Crippen LogP contribution in [-0.2, 0) is 9.84 Å². The van der Waals surface area contributed by atoms with E-state index in [9.17, 15) is 13.2 Å². The predicted molar refractivity (Wildman–Crippen MR) is 85.5 cm³/mol. The van der Waals surface area contributed by atoms with Crippen LogP contribution in [0.25, 0.3) is 0 Å². The second-order valence-electron chi connectivity index (χ2n) is 4.93. The summed E-state index contributed by atoms with van der Waals surface area (Å²) in [6.07, 6.45) is 5.72. The molecule has 1 aromatic rings. The molecule has 0 bridgehead atoms. The van der Waals surface area contributed by atoms with Crippen LogP contribution in [0.1, 0.15) is 16.8 Å². The molecular formula is C14H15BrN2O3S. The fourth-order valence-electron chi connectivity index (χ4n) is 2.35.